The van der Waals surface area contributed by atoms with Crippen LogP contribution in [-0.2, 0) is 26.2 Å². The van der Waals surface area contributed by atoms with Crippen molar-refractivity contribution in [3.05, 3.63) is 89.5 Å². The van der Waals surface area contributed by atoms with Gasteiger partial charge in [-0.1, -0.05) is 55.8 Å². The largest absolute Gasteiger partial charge is 0.352 e. The average molecular weight is 596 g/mol. The Morgan fingerprint density at radius 2 is 1.54 bits per heavy atom. The lowest BCUT2D eigenvalue weighted by molar-refractivity contribution is -0.140. The molecule has 0 bridgehead atoms. The van der Waals surface area contributed by atoms with Crippen molar-refractivity contribution >= 4 is 39.3 Å². The molecule has 0 heterocycles. The third-order valence-electron chi connectivity index (χ3n) is 7.24. The fourth-order valence-corrected chi connectivity index (χ4v) is 6.27. The molecule has 0 radical (unpaired) electrons. The summed E-state index contributed by atoms with van der Waals surface area (Å²) in [4.78, 5) is 30.1. The van der Waals surface area contributed by atoms with Crippen LogP contribution in [0, 0.1) is 13.8 Å². The number of carbonyl (C=O) groups excluding carboxylic acids is 2. The number of anilines is 1. The molecule has 0 aliphatic carbocycles. The minimum Gasteiger partial charge on any atom is -0.352 e. The monoisotopic (exact) mass is 595 g/mol. The number of rotatable bonds is 13. The van der Waals surface area contributed by atoms with E-state index < -0.39 is 28.5 Å². The number of hydrogen-bond acceptors (Lipinski definition) is 5. The first kappa shape index (κ1) is 32.2. The molecule has 0 aliphatic rings. The van der Waals surface area contributed by atoms with Gasteiger partial charge in [0.05, 0.1) is 10.6 Å². The Labute approximate surface area is 249 Å². The topological polar surface area (TPSA) is 86.8 Å². The van der Waals surface area contributed by atoms with Crippen LogP contribution in [0.4, 0.5) is 5.69 Å². The molecule has 0 aromatic heterocycles. The highest BCUT2D eigenvalue weighted by Crippen LogP contribution is 2.27. The van der Waals surface area contributed by atoms with Gasteiger partial charge in [-0.15, -0.1) is 11.8 Å². The van der Waals surface area contributed by atoms with E-state index in [9.17, 15) is 18.0 Å². The number of nitrogens with one attached hydrogen (secondary N) is 1. The predicted molar refractivity (Wildman–Crippen MR) is 168 cm³/mol. The molecule has 0 aliphatic heterocycles. The maximum Gasteiger partial charge on any atom is 0.264 e. The van der Waals surface area contributed by atoms with Crippen LogP contribution in [0.3, 0.4) is 0 Å². The quantitative estimate of drug-likeness (QED) is 0.247. The molecule has 9 heteroatoms. The molecule has 3 aromatic rings. The summed E-state index contributed by atoms with van der Waals surface area (Å²) < 4.78 is 29.2. The Morgan fingerprint density at radius 1 is 0.902 bits per heavy atom. The van der Waals surface area contributed by atoms with Gasteiger partial charge >= 0.3 is 0 Å². The van der Waals surface area contributed by atoms with Gasteiger partial charge in [-0.2, -0.15) is 0 Å². The van der Waals surface area contributed by atoms with Crippen LogP contribution < -0.4 is 9.62 Å². The summed E-state index contributed by atoms with van der Waals surface area (Å²) in [6.45, 7) is 9.38. The second kappa shape index (κ2) is 14.5. The van der Waals surface area contributed by atoms with E-state index in [1.165, 1.54) is 16.7 Å². The fraction of sp³-hybridized carbons (Fsp3) is 0.375. The molecule has 41 heavy (non-hydrogen) atoms. The summed E-state index contributed by atoms with van der Waals surface area (Å²) in [5.74, 6) is -0.703. The van der Waals surface area contributed by atoms with Crippen LogP contribution in [0.5, 0.6) is 0 Å². The summed E-state index contributed by atoms with van der Waals surface area (Å²) in [5, 5.41) is 3.01. The van der Waals surface area contributed by atoms with Gasteiger partial charge in [0.2, 0.25) is 11.8 Å². The second-order valence-corrected chi connectivity index (χ2v) is 13.0. The van der Waals surface area contributed by atoms with E-state index in [-0.39, 0.29) is 23.4 Å². The molecular formula is C32H41N3O4S2. The molecule has 220 valence electrons. The highest BCUT2D eigenvalue weighted by molar-refractivity contribution is 7.98. The first-order valence-corrected chi connectivity index (χ1v) is 16.6. The molecule has 3 rings (SSSR count). The zero-order valence-electron chi connectivity index (χ0n) is 24.8. The lowest BCUT2D eigenvalue weighted by Crippen LogP contribution is -2.53. The van der Waals surface area contributed by atoms with E-state index in [0.29, 0.717) is 12.1 Å². The third-order valence-corrected chi connectivity index (χ3v) is 9.77. The molecule has 0 spiro atoms. The lowest BCUT2D eigenvalue weighted by Gasteiger charge is -2.34. The van der Waals surface area contributed by atoms with Crippen molar-refractivity contribution in [3.63, 3.8) is 0 Å². The van der Waals surface area contributed by atoms with E-state index in [0.717, 1.165) is 32.3 Å². The average Bonchev–Trinajstić information content (AvgIpc) is 2.97. The van der Waals surface area contributed by atoms with Gasteiger partial charge in [0.15, 0.2) is 0 Å². The van der Waals surface area contributed by atoms with Crippen molar-refractivity contribution in [3.8, 4) is 0 Å². The van der Waals surface area contributed by atoms with Crippen molar-refractivity contribution in [2.24, 2.45) is 0 Å². The Bertz CT molecular complexity index is 1420. The number of thioether (sulfide) groups is 1. The zero-order valence-corrected chi connectivity index (χ0v) is 26.4. The number of benzene rings is 3. The van der Waals surface area contributed by atoms with E-state index in [1.807, 2.05) is 77.3 Å². The number of hydrogen-bond donors (Lipinski definition) is 1. The number of aryl methyl sites for hydroxylation is 2. The molecule has 2 atom stereocenters. The maximum absolute atomic E-state index is 14.2. The first-order chi connectivity index (χ1) is 19.5. The van der Waals surface area contributed by atoms with Gasteiger partial charge in [0, 0.05) is 17.5 Å². The minimum atomic E-state index is -4.10. The van der Waals surface area contributed by atoms with Crippen LogP contribution in [-0.4, -0.2) is 50.0 Å². The molecule has 0 saturated carbocycles. The van der Waals surface area contributed by atoms with Crippen LogP contribution in [0.15, 0.2) is 82.6 Å². The van der Waals surface area contributed by atoms with Crippen LogP contribution >= 0.6 is 11.8 Å². The number of nitrogens with zero attached hydrogens (tertiary/aromatic N) is 2. The van der Waals surface area contributed by atoms with Crippen molar-refractivity contribution in [1.29, 1.82) is 0 Å². The summed E-state index contributed by atoms with van der Waals surface area (Å²) in [6.07, 6.45) is 3.06. The standard InChI is InChI=1S/C32H41N3O4S2/c1-7-25(5)33-32(37)30(8-2)34(21-26-12-10-9-11-24(26)4)31(36)22-35(27-15-13-23(3)14-16-27)41(38,39)29-19-17-28(40-6)18-20-29/h9-20,25,30H,7-8,21-22H2,1-6H3,(H,33,37). The van der Waals surface area contributed by atoms with Gasteiger partial charge < -0.3 is 10.2 Å². The number of amides is 2. The Morgan fingerprint density at radius 3 is 2.10 bits per heavy atom. The highest BCUT2D eigenvalue weighted by atomic mass is 32.2. The molecule has 0 saturated heterocycles. The van der Waals surface area contributed by atoms with Gasteiger partial charge in [-0.05, 0) is 87.4 Å². The Balaban J connectivity index is 2.06. The van der Waals surface area contributed by atoms with E-state index in [4.69, 9.17) is 0 Å². The maximum atomic E-state index is 14.2. The van der Waals surface area contributed by atoms with Crippen molar-refractivity contribution in [2.75, 3.05) is 17.1 Å². The summed E-state index contributed by atoms with van der Waals surface area (Å²) in [6, 6.07) is 20.6. The molecule has 3 aromatic carbocycles. The van der Waals surface area contributed by atoms with Crippen LogP contribution in [0.25, 0.3) is 0 Å². The smallest absolute Gasteiger partial charge is 0.264 e. The predicted octanol–water partition coefficient (Wildman–Crippen LogP) is 5.94. The van der Waals surface area contributed by atoms with Gasteiger partial charge in [0.1, 0.15) is 12.6 Å². The Hall–Kier alpha value is -3.30. The number of sulfonamides is 1. The van der Waals surface area contributed by atoms with Crippen molar-refractivity contribution in [1.82, 2.24) is 10.2 Å². The SMILES string of the molecule is CCC(C)NC(=O)C(CC)N(Cc1ccccc1C)C(=O)CN(c1ccc(C)cc1)S(=O)(=O)c1ccc(SC)cc1. The van der Waals surface area contributed by atoms with Crippen molar-refractivity contribution in [2.45, 2.75) is 75.9 Å². The molecular weight excluding hydrogens is 555 g/mol. The van der Waals surface area contributed by atoms with E-state index >= 15 is 0 Å². The normalized spacial score (nSPS) is 12.8. The van der Waals surface area contributed by atoms with Gasteiger partial charge in [-0.3, -0.25) is 13.9 Å². The fourth-order valence-electron chi connectivity index (χ4n) is 4.45. The van der Waals surface area contributed by atoms with Gasteiger partial charge in [0.25, 0.3) is 10.0 Å². The highest BCUT2D eigenvalue weighted by Gasteiger charge is 2.34. The van der Waals surface area contributed by atoms with Gasteiger partial charge in [-0.25, -0.2) is 8.42 Å². The Kier molecular flexibility index (Phi) is 11.4. The molecule has 1 N–H and O–H groups in total. The zero-order chi connectivity index (χ0) is 30.2. The summed E-state index contributed by atoms with van der Waals surface area (Å²) >= 11 is 1.52. The molecule has 0 fully saturated rings. The first-order valence-electron chi connectivity index (χ1n) is 13.9. The summed E-state index contributed by atoms with van der Waals surface area (Å²) in [7, 11) is -4.10. The van der Waals surface area contributed by atoms with Crippen LogP contribution in [0.2, 0.25) is 0 Å². The van der Waals surface area contributed by atoms with Crippen molar-refractivity contribution < 1.29 is 18.0 Å². The minimum absolute atomic E-state index is 0.0550. The molecule has 2 unspecified atom stereocenters. The van der Waals surface area contributed by atoms with E-state index in [2.05, 4.69) is 5.32 Å². The van der Waals surface area contributed by atoms with Crippen LogP contribution in [0.1, 0.15) is 50.3 Å². The van der Waals surface area contributed by atoms with E-state index in [1.54, 1.807) is 36.4 Å². The lowest BCUT2D eigenvalue weighted by atomic mass is 10.1. The number of carbonyl (C=O) groups is 2. The summed E-state index contributed by atoms with van der Waals surface area (Å²) in [5.41, 5.74) is 3.23. The molecule has 2 amide bonds. The third kappa shape index (κ3) is 8.14. The molecule has 7 nitrogen and oxygen atoms in total. The second-order valence-electron chi connectivity index (χ2n) is 10.2.